The fraction of sp³-hybridized carbons (Fsp3) is 1.00. The van der Waals surface area contributed by atoms with Gasteiger partial charge in [-0.25, -0.2) is 0 Å². The van der Waals surface area contributed by atoms with Gasteiger partial charge >= 0.3 is 0 Å². The number of aliphatic hydroxyl groups excluding tert-OH is 1. The number of hydrogen-bond acceptors (Lipinski definition) is 1. The van der Waals surface area contributed by atoms with Crippen LogP contribution >= 0.6 is 0 Å². The van der Waals surface area contributed by atoms with Gasteiger partial charge in [-0.3, -0.25) is 0 Å². The van der Waals surface area contributed by atoms with Gasteiger partial charge < -0.3 is 5.11 Å². The largest absolute Gasteiger partial charge is 0.393 e. The average Bonchev–Trinajstić information content (AvgIpc) is 3.10. The van der Waals surface area contributed by atoms with E-state index in [1.54, 1.807) is 0 Å². The number of unbranched alkanes of at least 4 members (excludes halogenated alkanes) is 3. The summed E-state index contributed by atoms with van der Waals surface area (Å²) in [5.41, 5.74) is 0.675. The van der Waals surface area contributed by atoms with Crippen LogP contribution in [0.3, 0.4) is 0 Å². The lowest BCUT2D eigenvalue weighted by Crippen LogP contribution is -2.49. The molecule has 0 spiro atoms. The maximum absolute atomic E-state index is 10.1. The van der Waals surface area contributed by atoms with E-state index in [0.717, 1.165) is 48.3 Å². The summed E-state index contributed by atoms with van der Waals surface area (Å²) in [7, 11) is 0. The molecule has 1 nitrogen and oxygen atoms in total. The summed E-state index contributed by atoms with van der Waals surface area (Å²) in [5.74, 6) is 5.95. The maximum atomic E-state index is 10.1. The summed E-state index contributed by atoms with van der Waals surface area (Å²) < 4.78 is 0. The number of hydrogen-bond donors (Lipinski definition) is 1. The Hall–Kier alpha value is -0.0400. The Morgan fingerprint density at radius 1 is 0.759 bits per heavy atom. The first-order chi connectivity index (χ1) is 14.1. The van der Waals surface area contributed by atoms with Crippen molar-refractivity contribution in [3.63, 3.8) is 0 Å². The molecule has 1 N–H and O–H groups in total. The number of aliphatic hydroxyl groups is 1. The third-order valence-corrected chi connectivity index (χ3v) is 9.53. The normalized spacial score (nSPS) is 42.9. The Morgan fingerprint density at radius 3 is 2.21 bits per heavy atom. The molecular weight excluding hydrogens is 352 g/mol. The lowest BCUT2D eigenvalue weighted by atomic mass is 9.49. The van der Waals surface area contributed by atoms with Crippen LogP contribution in [0.25, 0.3) is 0 Å². The highest BCUT2D eigenvalue weighted by molar-refractivity contribution is 5.05. The van der Waals surface area contributed by atoms with E-state index in [1.165, 1.54) is 77.0 Å². The van der Waals surface area contributed by atoms with E-state index in [1.807, 2.05) is 27.7 Å². The van der Waals surface area contributed by atoms with E-state index in [4.69, 9.17) is 0 Å². The minimum absolute atomic E-state index is 0.0191. The van der Waals surface area contributed by atoms with Crippen molar-refractivity contribution in [3.05, 3.63) is 0 Å². The van der Waals surface area contributed by atoms with Crippen LogP contribution in [0.15, 0.2) is 0 Å². The molecule has 0 saturated heterocycles. The molecule has 4 aliphatic rings. The smallest absolute Gasteiger partial charge is 0.0543 e. The van der Waals surface area contributed by atoms with Gasteiger partial charge in [-0.05, 0) is 105 Å². The number of fused-ring (bicyclic) bond motifs is 5. The van der Waals surface area contributed by atoms with Crippen molar-refractivity contribution in [2.75, 3.05) is 0 Å². The molecule has 4 fully saturated rings. The number of rotatable bonds is 5. The molecule has 0 aromatic carbocycles. The molecule has 172 valence electrons. The van der Waals surface area contributed by atoms with E-state index in [2.05, 4.69) is 13.8 Å². The zero-order valence-corrected chi connectivity index (χ0v) is 20.9. The van der Waals surface area contributed by atoms with Gasteiger partial charge in [-0.2, -0.15) is 0 Å². The molecule has 29 heavy (non-hydrogen) atoms. The zero-order valence-electron chi connectivity index (χ0n) is 20.9. The predicted octanol–water partition coefficient (Wildman–Crippen LogP) is 8.64. The van der Waals surface area contributed by atoms with Gasteiger partial charge in [-0.1, -0.05) is 67.2 Å². The van der Waals surface area contributed by atoms with Crippen LogP contribution in [0.5, 0.6) is 0 Å². The summed E-state index contributed by atoms with van der Waals surface area (Å²) >= 11 is 0. The van der Waals surface area contributed by atoms with Crippen molar-refractivity contribution in [2.45, 2.75) is 138 Å². The van der Waals surface area contributed by atoms with Crippen LogP contribution in [0.1, 0.15) is 131 Å². The van der Waals surface area contributed by atoms with Gasteiger partial charge in [0.2, 0.25) is 0 Å². The summed E-state index contributed by atoms with van der Waals surface area (Å²) in [4.78, 5) is 0. The van der Waals surface area contributed by atoms with E-state index >= 15 is 0 Å². The lowest BCUT2D eigenvalue weighted by Gasteiger charge is -2.56. The van der Waals surface area contributed by atoms with E-state index in [0.29, 0.717) is 5.41 Å². The first-order valence-electron chi connectivity index (χ1n) is 13.8. The fourth-order valence-electron chi connectivity index (χ4n) is 8.23. The second-order valence-corrected chi connectivity index (χ2v) is 10.6. The Bertz CT molecular complexity index is 446. The quantitative estimate of drug-likeness (QED) is 0.453. The van der Waals surface area contributed by atoms with Crippen molar-refractivity contribution < 1.29 is 5.11 Å². The predicted molar refractivity (Wildman–Crippen MR) is 128 cm³/mol. The van der Waals surface area contributed by atoms with E-state index in [9.17, 15) is 5.11 Å². The second-order valence-electron chi connectivity index (χ2n) is 10.6. The second kappa shape index (κ2) is 12.1. The SMILES string of the molecule is CC.CC.CCCCCCC1CCC2C3CCC4CC(O)CCC4C3CCC12C. The monoisotopic (exact) mass is 406 g/mol. The molecule has 0 bridgehead atoms. The maximum Gasteiger partial charge on any atom is 0.0543 e. The van der Waals surface area contributed by atoms with Gasteiger partial charge in [0.15, 0.2) is 0 Å². The third kappa shape index (κ3) is 5.42. The van der Waals surface area contributed by atoms with Crippen LogP contribution in [0, 0.1) is 40.9 Å². The van der Waals surface area contributed by atoms with Crippen LogP contribution < -0.4 is 0 Å². The van der Waals surface area contributed by atoms with Gasteiger partial charge in [0.25, 0.3) is 0 Å². The van der Waals surface area contributed by atoms with Crippen molar-refractivity contribution >= 4 is 0 Å². The molecule has 0 aromatic rings. The average molecular weight is 407 g/mol. The summed E-state index contributed by atoms with van der Waals surface area (Å²) in [6, 6.07) is 0. The summed E-state index contributed by atoms with van der Waals surface area (Å²) in [6.07, 6.45) is 19.8. The Morgan fingerprint density at radius 2 is 1.48 bits per heavy atom. The molecule has 4 saturated carbocycles. The zero-order chi connectivity index (χ0) is 21.4. The highest BCUT2D eigenvalue weighted by atomic mass is 16.3. The van der Waals surface area contributed by atoms with Gasteiger partial charge in [0.1, 0.15) is 0 Å². The molecule has 0 radical (unpaired) electrons. The minimum atomic E-state index is 0.0191. The Kier molecular flexibility index (Phi) is 10.5. The standard InChI is InChI=1S/C24H42O.2C2H6/c1-3-4-5-6-7-18-9-13-23-22-11-8-17-16-19(25)10-12-20(17)21(22)14-15-24(18,23)2;2*1-2/h17-23,25H,3-16H2,1-2H3;2*1-2H3. The molecule has 8 unspecified atom stereocenters. The van der Waals surface area contributed by atoms with Gasteiger partial charge in [0, 0.05) is 0 Å². The van der Waals surface area contributed by atoms with Crippen molar-refractivity contribution in [2.24, 2.45) is 40.9 Å². The van der Waals surface area contributed by atoms with Crippen molar-refractivity contribution in [1.82, 2.24) is 0 Å². The van der Waals surface area contributed by atoms with E-state index in [-0.39, 0.29) is 6.10 Å². The molecule has 0 amide bonds. The summed E-state index contributed by atoms with van der Waals surface area (Å²) in [5, 5.41) is 10.1. The van der Waals surface area contributed by atoms with Crippen molar-refractivity contribution in [3.8, 4) is 0 Å². The summed E-state index contributed by atoms with van der Waals surface area (Å²) in [6.45, 7) is 13.0. The third-order valence-electron chi connectivity index (χ3n) is 9.53. The van der Waals surface area contributed by atoms with Crippen LogP contribution in [0.2, 0.25) is 0 Å². The molecule has 4 aliphatic carbocycles. The molecule has 8 atom stereocenters. The first-order valence-corrected chi connectivity index (χ1v) is 13.8. The lowest BCUT2D eigenvalue weighted by molar-refractivity contribution is -0.0778. The fourth-order valence-corrected chi connectivity index (χ4v) is 8.23. The van der Waals surface area contributed by atoms with Crippen molar-refractivity contribution in [1.29, 1.82) is 0 Å². The van der Waals surface area contributed by atoms with E-state index < -0.39 is 0 Å². The topological polar surface area (TPSA) is 20.2 Å². The van der Waals surface area contributed by atoms with Crippen LogP contribution in [0.4, 0.5) is 0 Å². The molecular formula is C28H54O. The minimum Gasteiger partial charge on any atom is -0.393 e. The van der Waals surface area contributed by atoms with Gasteiger partial charge in [-0.15, -0.1) is 0 Å². The Labute approximate surface area is 183 Å². The molecule has 0 aromatic heterocycles. The van der Waals surface area contributed by atoms with Crippen LogP contribution in [-0.4, -0.2) is 11.2 Å². The highest BCUT2D eigenvalue weighted by Gasteiger charge is 2.56. The first kappa shape index (κ1) is 25.2. The molecule has 4 rings (SSSR count). The van der Waals surface area contributed by atoms with Gasteiger partial charge in [0.05, 0.1) is 6.10 Å². The van der Waals surface area contributed by atoms with Crippen LogP contribution in [-0.2, 0) is 0 Å². The molecule has 0 aliphatic heterocycles. The molecule has 1 heteroatoms. The highest BCUT2D eigenvalue weighted by Crippen LogP contribution is 2.64. The Balaban J connectivity index is 0.000000707. The molecule has 0 heterocycles.